The SMILES string of the molecule is CN1C(=O)CC(NCCC2CCC2)c2ccccc21. The van der Waals surface area contributed by atoms with E-state index in [1.54, 1.807) is 4.90 Å². The highest BCUT2D eigenvalue weighted by Crippen LogP contribution is 2.34. The van der Waals surface area contributed by atoms with Crippen molar-refractivity contribution in [2.24, 2.45) is 5.92 Å². The minimum absolute atomic E-state index is 0.194. The van der Waals surface area contributed by atoms with Crippen molar-refractivity contribution in [3.63, 3.8) is 0 Å². The molecular weight excluding hydrogens is 236 g/mol. The average Bonchev–Trinajstić information content (AvgIpc) is 2.38. The molecule has 1 atom stereocenters. The van der Waals surface area contributed by atoms with Crippen molar-refractivity contribution in [2.75, 3.05) is 18.5 Å². The molecule has 1 aromatic carbocycles. The largest absolute Gasteiger partial charge is 0.315 e. The van der Waals surface area contributed by atoms with E-state index in [4.69, 9.17) is 0 Å². The van der Waals surface area contributed by atoms with Gasteiger partial charge in [0, 0.05) is 25.2 Å². The van der Waals surface area contributed by atoms with Crippen LogP contribution in [0.2, 0.25) is 0 Å². The Labute approximate surface area is 115 Å². The van der Waals surface area contributed by atoms with E-state index in [0.717, 1.165) is 18.2 Å². The zero-order valence-electron chi connectivity index (χ0n) is 11.6. The second-order valence-corrected chi connectivity index (χ2v) is 5.81. The summed E-state index contributed by atoms with van der Waals surface area (Å²) in [5.41, 5.74) is 2.32. The van der Waals surface area contributed by atoms with Gasteiger partial charge in [0.2, 0.25) is 5.91 Å². The summed E-state index contributed by atoms with van der Waals surface area (Å²) in [6, 6.07) is 8.43. The lowest BCUT2D eigenvalue weighted by molar-refractivity contribution is -0.119. The standard InChI is InChI=1S/C16H22N2O/c1-18-15-8-3-2-7-13(15)14(11-16(18)19)17-10-9-12-5-4-6-12/h2-3,7-8,12,14,17H,4-6,9-11H2,1H3. The molecule has 0 saturated heterocycles. The molecule has 3 heteroatoms. The monoisotopic (exact) mass is 258 g/mol. The van der Waals surface area contributed by atoms with Crippen LogP contribution in [0, 0.1) is 5.92 Å². The van der Waals surface area contributed by atoms with Gasteiger partial charge in [-0.05, 0) is 30.5 Å². The molecule has 0 spiro atoms. The number of rotatable bonds is 4. The van der Waals surface area contributed by atoms with Gasteiger partial charge in [0.1, 0.15) is 0 Å². The van der Waals surface area contributed by atoms with E-state index in [2.05, 4.69) is 17.4 Å². The molecule has 1 fully saturated rings. The summed E-state index contributed by atoms with van der Waals surface area (Å²) in [4.78, 5) is 13.8. The molecule has 2 aliphatic rings. The molecule has 1 aromatic rings. The van der Waals surface area contributed by atoms with Crippen LogP contribution in [-0.2, 0) is 4.79 Å². The molecule has 1 aliphatic carbocycles. The summed E-state index contributed by atoms with van der Waals surface area (Å²) in [6.07, 6.45) is 6.02. The molecular formula is C16H22N2O. The van der Waals surface area contributed by atoms with Crippen molar-refractivity contribution in [3.8, 4) is 0 Å². The first-order valence-corrected chi connectivity index (χ1v) is 7.34. The van der Waals surface area contributed by atoms with Crippen LogP contribution in [0.4, 0.5) is 5.69 Å². The number of hydrogen-bond acceptors (Lipinski definition) is 2. The maximum Gasteiger partial charge on any atom is 0.228 e. The van der Waals surface area contributed by atoms with Crippen molar-refractivity contribution in [2.45, 2.75) is 38.1 Å². The number of nitrogens with one attached hydrogen (secondary N) is 1. The topological polar surface area (TPSA) is 32.3 Å². The number of hydrogen-bond donors (Lipinski definition) is 1. The van der Waals surface area contributed by atoms with Gasteiger partial charge in [-0.25, -0.2) is 0 Å². The average molecular weight is 258 g/mol. The number of para-hydroxylation sites is 1. The van der Waals surface area contributed by atoms with Crippen LogP contribution in [0.25, 0.3) is 0 Å². The molecule has 1 heterocycles. The van der Waals surface area contributed by atoms with Crippen molar-refractivity contribution in [1.29, 1.82) is 0 Å². The molecule has 3 nitrogen and oxygen atoms in total. The fraction of sp³-hybridized carbons (Fsp3) is 0.562. The molecule has 102 valence electrons. The molecule has 1 unspecified atom stereocenters. The predicted octanol–water partition coefficient (Wildman–Crippen LogP) is 2.87. The van der Waals surface area contributed by atoms with Gasteiger partial charge < -0.3 is 10.2 Å². The Morgan fingerprint density at radius 1 is 1.32 bits per heavy atom. The summed E-state index contributed by atoms with van der Waals surface area (Å²) in [7, 11) is 1.87. The number of carbonyl (C=O) groups is 1. The minimum atomic E-state index is 0.194. The third-order valence-corrected chi connectivity index (χ3v) is 4.59. The third kappa shape index (κ3) is 2.52. The van der Waals surface area contributed by atoms with E-state index >= 15 is 0 Å². The summed E-state index contributed by atoms with van der Waals surface area (Å²) in [6.45, 7) is 1.03. The Balaban J connectivity index is 1.67. The van der Waals surface area contributed by atoms with Gasteiger partial charge >= 0.3 is 0 Å². The Hall–Kier alpha value is -1.35. The number of nitrogens with zero attached hydrogens (tertiary/aromatic N) is 1. The minimum Gasteiger partial charge on any atom is -0.315 e. The fourth-order valence-electron chi connectivity index (χ4n) is 3.07. The van der Waals surface area contributed by atoms with Gasteiger partial charge in [-0.15, -0.1) is 0 Å². The van der Waals surface area contributed by atoms with Crippen LogP contribution in [0.3, 0.4) is 0 Å². The maximum atomic E-state index is 12.0. The smallest absolute Gasteiger partial charge is 0.228 e. The van der Waals surface area contributed by atoms with Gasteiger partial charge in [-0.3, -0.25) is 4.79 Å². The summed E-state index contributed by atoms with van der Waals surface area (Å²) < 4.78 is 0. The van der Waals surface area contributed by atoms with Gasteiger partial charge in [-0.1, -0.05) is 37.5 Å². The van der Waals surface area contributed by atoms with Crippen molar-refractivity contribution >= 4 is 11.6 Å². The van der Waals surface area contributed by atoms with Crippen molar-refractivity contribution < 1.29 is 4.79 Å². The van der Waals surface area contributed by atoms with Gasteiger partial charge in [-0.2, -0.15) is 0 Å². The van der Waals surface area contributed by atoms with E-state index in [9.17, 15) is 4.79 Å². The van der Waals surface area contributed by atoms with Crippen LogP contribution < -0.4 is 10.2 Å². The molecule has 0 radical (unpaired) electrons. The quantitative estimate of drug-likeness (QED) is 0.900. The molecule has 1 aliphatic heterocycles. The Morgan fingerprint density at radius 2 is 2.11 bits per heavy atom. The number of carbonyl (C=O) groups excluding carboxylic acids is 1. The first-order valence-electron chi connectivity index (χ1n) is 7.34. The second-order valence-electron chi connectivity index (χ2n) is 5.81. The van der Waals surface area contributed by atoms with Crippen LogP contribution >= 0.6 is 0 Å². The Kier molecular flexibility index (Phi) is 3.56. The van der Waals surface area contributed by atoms with Gasteiger partial charge in [0.05, 0.1) is 0 Å². The van der Waals surface area contributed by atoms with Crippen molar-refractivity contribution in [3.05, 3.63) is 29.8 Å². The second kappa shape index (κ2) is 5.33. The summed E-state index contributed by atoms with van der Waals surface area (Å²) in [5.74, 6) is 1.13. The fourth-order valence-corrected chi connectivity index (χ4v) is 3.07. The van der Waals surface area contributed by atoms with Crippen molar-refractivity contribution in [1.82, 2.24) is 5.32 Å². The third-order valence-electron chi connectivity index (χ3n) is 4.59. The summed E-state index contributed by atoms with van der Waals surface area (Å²) in [5, 5.41) is 3.58. The summed E-state index contributed by atoms with van der Waals surface area (Å²) >= 11 is 0. The first-order chi connectivity index (χ1) is 9.25. The lowest BCUT2D eigenvalue weighted by Crippen LogP contribution is -2.38. The number of fused-ring (bicyclic) bond motifs is 1. The van der Waals surface area contributed by atoms with Crippen LogP contribution in [0.1, 0.15) is 43.7 Å². The highest BCUT2D eigenvalue weighted by atomic mass is 16.2. The van der Waals surface area contributed by atoms with E-state index in [1.165, 1.54) is 31.2 Å². The number of anilines is 1. The molecule has 1 saturated carbocycles. The molecule has 0 bridgehead atoms. The molecule has 0 aromatic heterocycles. The highest BCUT2D eigenvalue weighted by Gasteiger charge is 2.28. The predicted molar refractivity (Wildman–Crippen MR) is 77.2 cm³/mol. The molecule has 19 heavy (non-hydrogen) atoms. The molecule has 1 N–H and O–H groups in total. The first kappa shape index (κ1) is 12.7. The Bertz CT molecular complexity index is 468. The number of amides is 1. The highest BCUT2D eigenvalue weighted by molar-refractivity contribution is 5.96. The van der Waals surface area contributed by atoms with Gasteiger partial charge in [0.15, 0.2) is 0 Å². The molecule has 1 amide bonds. The lowest BCUT2D eigenvalue weighted by atomic mass is 9.83. The number of benzene rings is 1. The lowest BCUT2D eigenvalue weighted by Gasteiger charge is -2.33. The van der Waals surface area contributed by atoms with E-state index in [0.29, 0.717) is 6.42 Å². The van der Waals surface area contributed by atoms with E-state index in [1.807, 2.05) is 19.2 Å². The zero-order chi connectivity index (χ0) is 13.2. The zero-order valence-corrected chi connectivity index (χ0v) is 11.6. The van der Waals surface area contributed by atoms with E-state index < -0.39 is 0 Å². The Morgan fingerprint density at radius 3 is 2.84 bits per heavy atom. The maximum absolute atomic E-state index is 12.0. The van der Waals surface area contributed by atoms with Crippen LogP contribution in [0.5, 0.6) is 0 Å². The van der Waals surface area contributed by atoms with Gasteiger partial charge in [0.25, 0.3) is 0 Å². The van der Waals surface area contributed by atoms with Crippen LogP contribution in [0.15, 0.2) is 24.3 Å². The van der Waals surface area contributed by atoms with E-state index in [-0.39, 0.29) is 11.9 Å². The van der Waals surface area contributed by atoms with Crippen LogP contribution in [-0.4, -0.2) is 19.5 Å². The molecule has 3 rings (SSSR count). The normalized spacial score (nSPS) is 23.1.